The first-order valence-corrected chi connectivity index (χ1v) is 8.63. The van der Waals surface area contributed by atoms with E-state index in [0.29, 0.717) is 13.0 Å². The normalized spacial score (nSPS) is 13.8. The van der Waals surface area contributed by atoms with Gasteiger partial charge in [0.25, 0.3) is 0 Å². The largest absolute Gasteiger partial charge is 0.497 e. The number of ether oxygens (including phenoxy) is 1. The topological polar surface area (TPSA) is 34.5 Å². The van der Waals surface area contributed by atoms with Crippen molar-refractivity contribution in [1.29, 1.82) is 0 Å². The van der Waals surface area contributed by atoms with Gasteiger partial charge in [-0.25, -0.2) is 0 Å². The monoisotopic (exact) mass is 334 g/mol. The molecule has 4 nitrogen and oxygen atoms in total. The third-order valence-electron chi connectivity index (χ3n) is 5.18. The summed E-state index contributed by atoms with van der Waals surface area (Å²) in [5.41, 5.74) is 4.92. The molecule has 0 aliphatic carbocycles. The van der Waals surface area contributed by atoms with Crippen molar-refractivity contribution in [3.63, 3.8) is 0 Å². The lowest BCUT2D eigenvalue weighted by Crippen LogP contribution is -2.37. The van der Waals surface area contributed by atoms with Crippen molar-refractivity contribution in [2.24, 2.45) is 7.05 Å². The Bertz CT molecular complexity index is 925. The lowest BCUT2D eigenvalue weighted by molar-refractivity contribution is -0.131. The van der Waals surface area contributed by atoms with Crippen molar-refractivity contribution in [2.45, 2.75) is 19.4 Å². The van der Waals surface area contributed by atoms with Gasteiger partial charge in [0.2, 0.25) is 5.91 Å². The average molecular weight is 334 g/mol. The summed E-state index contributed by atoms with van der Waals surface area (Å²) in [6.45, 7) is 1.48. The molecule has 4 rings (SSSR count). The van der Waals surface area contributed by atoms with E-state index in [2.05, 4.69) is 35.9 Å². The second kappa shape index (κ2) is 6.28. The minimum atomic E-state index is 0.182. The SMILES string of the molecule is COc1ccc(CC(=O)N2CCc3c(n(C)c4ccccc34)C2)cc1. The number of nitrogens with zero attached hydrogens (tertiary/aromatic N) is 2. The number of hydrogen-bond donors (Lipinski definition) is 0. The summed E-state index contributed by atoms with van der Waals surface area (Å²) < 4.78 is 7.41. The van der Waals surface area contributed by atoms with E-state index in [1.807, 2.05) is 29.2 Å². The maximum Gasteiger partial charge on any atom is 0.227 e. The number of amides is 1. The van der Waals surface area contributed by atoms with Crippen LogP contribution < -0.4 is 4.74 Å². The number of benzene rings is 2. The van der Waals surface area contributed by atoms with Crippen molar-refractivity contribution in [3.05, 3.63) is 65.4 Å². The summed E-state index contributed by atoms with van der Waals surface area (Å²) in [5.74, 6) is 0.996. The number of carbonyl (C=O) groups excluding carboxylic acids is 1. The Morgan fingerprint density at radius 3 is 2.64 bits per heavy atom. The Kier molecular flexibility index (Phi) is 3.96. The maximum absolute atomic E-state index is 12.7. The second-order valence-electron chi connectivity index (χ2n) is 6.59. The van der Waals surface area contributed by atoms with E-state index in [1.165, 1.54) is 22.2 Å². The number of methoxy groups -OCH3 is 1. The number of para-hydroxylation sites is 1. The van der Waals surface area contributed by atoms with Crippen molar-refractivity contribution in [1.82, 2.24) is 9.47 Å². The summed E-state index contributed by atoms with van der Waals surface area (Å²) in [5, 5.41) is 1.32. The van der Waals surface area contributed by atoms with Gasteiger partial charge in [-0.1, -0.05) is 30.3 Å². The number of fused-ring (bicyclic) bond motifs is 3. The molecular formula is C21H22N2O2. The fourth-order valence-electron chi connectivity index (χ4n) is 3.75. The summed E-state index contributed by atoms with van der Waals surface area (Å²) in [6.07, 6.45) is 1.36. The van der Waals surface area contributed by atoms with Gasteiger partial charge in [-0.2, -0.15) is 0 Å². The minimum absolute atomic E-state index is 0.182. The van der Waals surface area contributed by atoms with E-state index >= 15 is 0 Å². The van der Waals surface area contributed by atoms with Crippen molar-refractivity contribution in [2.75, 3.05) is 13.7 Å². The molecule has 2 aromatic carbocycles. The van der Waals surface area contributed by atoms with Crippen LogP contribution in [0.5, 0.6) is 5.75 Å². The molecule has 4 heteroatoms. The van der Waals surface area contributed by atoms with E-state index in [0.717, 1.165) is 24.3 Å². The van der Waals surface area contributed by atoms with Crippen LogP contribution in [0.3, 0.4) is 0 Å². The Labute approximate surface area is 147 Å². The number of aryl methyl sites for hydroxylation is 1. The zero-order valence-electron chi connectivity index (χ0n) is 14.7. The fourth-order valence-corrected chi connectivity index (χ4v) is 3.75. The fraction of sp³-hybridized carbons (Fsp3) is 0.286. The summed E-state index contributed by atoms with van der Waals surface area (Å²) in [7, 11) is 3.74. The van der Waals surface area contributed by atoms with Gasteiger partial charge in [-0.15, -0.1) is 0 Å². The molecule has 1 aromatic heterocycles. The van der Waals surface area contributed by atoms with Crippen molar-refractivity contribution >= 4 is 16.8 Å². The van der Waals surface area contributed by atoms with E-state index in [-0.39, 0.29) is 5.91 Å². The highest BCUT2D eigenvalue weighted by molar-refractivity contribution is 5.86. The van der Waals surface area contributed by atoms with Gasteiger partial charge in [0, 0.05) is 30.2 Å². The van der Waals surface area contributed by atoms with Gasteiger partial charge in [-0.05, 0) is 35.7 Å². The standard InChI is InChI=1S/C21H22N2O2/c1-22-19-6-4-3-5-17(19)18-11-12-23(14-20(18)22)21(24)13-15-7-9-16(25-2)10-8-15/h3-10H,11-14H2,1-2H3. The van der Waals surface area contributed by atoms with Crippen LogP contribution in [0.1, 0.15) is 16.8 Å². The van der Waals surface area contributed by atoms with Crippen LogP contribution in [0.15, 0.2) is 48.5 Å². The molecule has 0 atom stereocenters. The molecule has 0 N–H and O–H groups in total. The van der Waals surface area contributed by atoms with Crippen LogP contribution in [0.2, 0.25) is 0 Å². The third kappa shape index (κ3) is 2.78. The molecule has 1 amide bonds. The molecule has 1 aliphatic rings. The van der Waals surface area contributed by atoms with Gasteiger partial charge in [-0.3, -0.25) is 4.79 Å². The molecule has 0 saturated carbocycles. The van der Waals surface area contributed by atoms with Crippen LogP contribution in [0.4, 0.5) is 0 Å². The number of carbonyl (C=O) groups is 1. The Balaban J connectivity index is 1.54. The minimum Gasteiger partial charge on any atom is -0.497 e. The molecule has 1 aliphatic heterocycles. The Morgan fingerprint density at radius 2 is 1.88 bits per heavy atom. The smallest absolute Gasteiger partial charge is 0.227 e. The van der Waals surface area contributed by atoms with Gasteiger partial charge in [0.1, 0.15) is 5.75 Å². The molecule has 0 fully saturated rings. The first kappa shape index (κ1) is 15.8. The number of hydrogen-bond acceptors (Lipinski definition) is 2. The number of rotatable bonds is 3. The van der Waals surface area contributed by atoms with Crippen LogP contribution in [0, 0.1) is 0 Å². The Hall–Kier alpha value is -2.75. The Morgan fingerprint density at radius 1 is 1.12 bits per heavy atom. The summed E-state index contributed by atoms with van der Waals surface area (Å²) >= 11 is 0. The molecule has 0 bridgehead atoms. The molecule has 0 spiro atoms. The summed E-state index contributed by atoms with van der Waals surface area (Å²) in [4.78, 5) is 14.7. The van der Waals surface area contributed by atoms with Crippen LogP contribution in [-0.2, 0) is 31.2 Å². The predicted octanol–water partition coefficient (Wildman–Crippen LogP) is 3.31. The summed E-state index contributed by atoms with van der Waals surface area (Å²) in [6, 6.07) is 16.2. The molecular weight excluding hydrogens is 312 g/mol. The van der Waals surface area contributed by atoms with Gasteiger partial charge in [0.05, 0.1) is 20.1 Å². The zero-order chi connectivity index (χ0) is 17.4. The first-order chi connectivity index (χ1) is 12.2. The molecule has 0 saturated heterocycles. The number of aromatic nitrogens is 1. The predicted molar refractivity (Wildman–Crippen MR) is 98.7 cm³/mol. The van der Waals surface area contributed by atoms with Gasteiger partial charge < -0.3 is 14.2 Å². The van der Waals surface area contributed by atoms with Crippen LogP contribution in [0.25, 0.3) is 10.9 Å². The maximum atomic E-state index is 12.7. The van der Waals surface area contributed by atoms with E-state index < -0.39 is 0 Å². The molecule has 2 heterocycles. The van der Waals surface area contributed by atoms with E-state index in [1.54, 1.807) is 7.11 Å². The second-order valence-corrected chi connectivity index (χ2v) is 6.59. The molecule has 0 radical (unpaired) electrons. The quantitative estimate of drug-likeness (QED) is 0.736. The third-order valence-corrected chi connectivity index (χ3v) is 5.18. The first-order valence-electron chi connectivity index (χ1n) is 8.63. The van der Waals surface area contributed by atoms with Gasteiger partial charge in [0.15, 0.2) is 0 Å². The highest BCUT2D eigenvalue weighted by Gasteiger charge is 2.25. The molecule has 128 valence electrons. The van der Waals surface area contributed by atoms with Crippen molar-refractivity contribution in [3.8, 4) is 5.75 Å². The van der Waals surface area contributed by atoms with E-state index in [4.69, 9.17) is 4.74 Å². The highest BCUT2D eigenvalue weighted by atomic mass is 16.5. The molecule has 3 aromatic rings. The van der Waals surface area contributed by atoms with Crippen LogP contribution >= 0.6 is 0 Å². The van der Waals surface area contributed by atoms with Crippen LogP contribution in [-0.4, -0.2) is 29.0 Å². The lowest BCUT2D eigenvalue weighted by atomic mass is 10.0. The van der Waals surface area contributed by atoms with E-state index in [9.17, 15) is 4.79 Å². The zero-order valence-corrected chi connectivity index (χ0v) is 14.7. The average Bonchev–Trinajstić information content (AvgIpc) is 2.95. The molecule has 0 unspecified atom stereocenters. The highest BCUT2D eigenvalue weighted by Crippen LogP contribution is 2.30. The van der Waals surface area contributed by atoms with Crippen molar-refractivity contribution < 1.29 is 9.53 Å². The van der Waals surface area contributed by atoms with Gasteiger partial charge >= 0.3 is 0 Å². The molecule has 25 heavy (non-hydrogen) atoms. The lowest BCUT2D eigenvalue weighted by Gasteiger charge is -2.28.